The van der Waals surface area contributed by atoms with Gasteiger partial charge in [0.05, 0.1) is 10.9 Å². The predicted octanol–water partition coefficient (Wildman–Crippen LogP) is 5.26. The number of amides is 1. The van der Waals surface area contributed by atoms with Crippen LogP contribution in [0.25, 0.3) is 11.1 Å². The van der Waals surface area contributed by atoms with Crippen LogP contribution in [0.1, 0.15) is 37.9 Å². The topological polar surface area (TPSA) is 79.8 Å². The lowest BCUT2D eigenvalue weighted by molar-refractivity contribution is 0.0214. The van der Waals surface area contributed by atoms with Gasteiger partial charge in [0.1, 0.15) is 5.60 Å². The number of aryl methyl sites for hydroxylation is 1. The average molecular weight is 508 g/mol. The van der Waals surface area contributed by atoms with E-state index in [2.05, 4.69) is 35.0 Å². The summed E-state index contributed by atoms with van der Waals surface area (Å²) in [5, 5.41) is 0. The van der Waals surface area contributed by atoms with Crippen molar-refractivity contribution < 1.29 is 17.9 Å². The first-order valence-corrected chi connectivity index (χ1v) is 13.9. The van der Waals surface area contributed by atoms with E-state index < -0.39 is 15.4 Å². The van der Waals surface area contributed by atoms with E-state index in [9.17, 15) is 13.2 Å². The quantitative estimate of drug-likeness (QED) is 0.479. The molecule has 0 spiro atoms. The van der Waals surface area contributed by atoms with E-state index >= 15 is 0 Å². The van der Waals surface area contributed by atoms with Crippen molar-refractivity contribution in [1.29, 1.82) is 0 Å². The number of nitrogens with zero attached hydrogens (tertiary/aromatic N) is 3. The number of carbonyl (C=O) groups excluding carboxylic acids is 1. The highest BCUT2D eigenvalue weighted by Gasteiger charge is 2.33. The van der Waals surface area contributed by atoms with Crippen LogP contribution in [0.5, 0.6) is 0 Å². The maximum Gasteiger partial charge on any atom is 0.410 e. The van der Waals surface area contributed by atoms with E-state index in [-0.39, 0.29) is 17.0 Å². The summed E-state index contributed by atoms with van der Waals surface area (Å²) in [7, 11) is -3.37. The van der Waals surface area contributed by atoms with Gasteiger partial charge in [0.15, 0.2) is 9.84 Å². The molecule has 2 heterocycles. The Morgan fingerprint density at radius 2 is 1.75 bits per heavy atom. The Hall–Kier alpha value is -3.39. The zero-order chi connectivity index (χ0) is 26.1. The lowest BCUT2D eigenvalue weighted by atomic mass is 9.96. The molecule has 1 atom stereocenters. The van der Waals surface area contributed by atoms with Gasteiger partial charge in [-0.25, -0.2) is 13.2 Å². The lowest BCUT2D eigenvalue weighted by Gasteiger charge is -2.43. The summed E-state index contributed by atoms with van der Waals surface area (Å²) in [6, 6.07) is 17.8. The zero-order valence-corrected chi connectivity index (χ0v) is 22.2. The molecule has 1 amide bonds. The Balaban J connectivity index is 1.73. The number of ether oxygens (including phenoxy) is 1. The Labute approximate surface area is 213 Å². The lowest BCUT2D eigenvalue weighted by Crippen LogP contribution is -2.51. The molecule has 0 bridgehead atoms. The van der Waals surface area contributed by atoms with Crippen molar-refractivity contribution in [3.63, 3.8) is 0 Å². The summed E-state index contributed by atoms with van der Waals surface area (Å²) in [6.45, 7) is 9.37. The number of sulfone groups is 1. The second kappa shape index (κ2) is 9.93. The third-order valence-corrected chi connectivity index (χ3v) is 7.28. The molecule has 7 nitrogen and oxygen atoms in total. The van der Waals surface area contributed by atoms with Crippen LogP contribution in [0.2, 0.25) is 0 Å². The number of carbonyl (C=O) groups is 1. The maximum atomic E-state index is 12.9. The van der Waals surface area contributed by atoms with Gasteiger partial charge >= 0.3 is 6.09 Å². The fraction of sp³-hybridized carbons (Fsp3) is 0.357. The SMILES string of the molecule is Cc1ccccc1N1CCN(C(=O)OC(C)(C)C)CC1c1cccc(-c2cncc(S(C)(=O)=O)c2)c1. The van der Waals surface area contributed by atoms with Gasteiger partial charge in [-0.15, -0.1) is 0 Å². The highest BCUT2D eigenvalue weighted by atomic mass is 32.2. The minimum atomic E-state index is -3.37. The number of pyridine rings is 1. The summed E-state index contributed by atoms with van der Waals surface area (Å²) >= 11 is 0. The Morgan fingerprint density at radius 1 is 1.00 bits per heavy atom. The standard InChI is InChI=1S/C28H33N3O4S/c1-20-9-6-7-12-25(20)31-14-13-30(27(32)35-28(2,3)4)19-26(31)22-11-8-10-21(15-22)23-16-24(18-29-17-23)36(5,33)34/h6-12,15-18,26H,13-14,19H2,1-5H3. The van der Waals surface area contributed by atoms with Gasteiger partial charge in [0, 0.05) is 49.5 Å². The molecule has 1 aliphatic heterocycles. The molecule has 190 valence electrons. The molecule has 3 aromatic rings. The van der Waals surface area contributed by atoms with E-state index in [4.69, 9.17) is 4.74 Å². The number of hydrogen-bond donors (Lipinski definition) is 0. The summed E-state index contributed by atoms with van der Waals surface area (Å²) < 4.78 is 29.8. The highest BCUT2D eigenvalue weighted by Crippen LogP contribution is 2.35. The van der Waals surface area contributed by atoms with Gasteiger partial charge in [0.2, 0.25) is 0 Å². The molecule has 0 radical (unpaired) electrons. The van der Waals surface area contributed by atoms with E-state index in [0.717, 1.165) is 27.9 Å². The molecule has 1 saturated heterocycles. The average Bonchev–Trinajstić information content (AvgIpc) is 2.83. The number of benzene rings is 2. The van der Waals surface area contributed by atoms with Crippen LogP contribution in [-0.2, 0) is 14.6 Å². The number of aromatic nitrogens is 1. The van der Waals surface area contributed by atoms with Crippen LogP contribution < -0.4 is 4.90 Å². The Kier molecular flexibility index (Phi) is 7.09. The largest absolute Gasteiger partial charge is 0.444 e. The summed E-state index contributed by atoms with van der Waals surface area (Å²) in [4.78, 5) is 21.4. The molecule has 4 rings (SSSR count). The molecule has 0 aliphatic carbocycles. The minimum Gasteiger partial charge on any atom is -0.444 e. The first kappa shape index (κ1) is 25.7. The fourth-order valence-corrected chi connectivity index (χ4v) is 5.03. The van der Waals surface area contributed by atoms with E-state index in [0.29, 0.717) is 19.6 Å². The molecular formula is C28H33N3O4S. The van der Waals surface area contributed by atoms with Crippen molar-refractivity contribution in [2.45, 2.75) is 44.2 Å². The molecule has 1 aromatic heterocycles. The monoisotopic (exact) mass is 507 g/mol. The van der Waals surface area contributed by atoms with Crippen molar-refractivity contribution in [2.24, 2.45) is 0 Å². The first-order chi connectivity index (χ1) is 16.9. The molecule has 1 unspecified atom stereocenters. The van der Waals surface area contributed by atoms with Crippen LogP contribution in [0.4, 0.5) is 10.5 Å². The van der Waals surface area contributed by atoms with Crippen LogP contribution in [0.3, 0.4) is 0 Å². The van der Waals surface area contributed by atoms with Gasteiger partial charge in [-0.2, -0.15) is 0 Å². The summed E-state index contributed by atoms with van der Waals surface area (Å²) in [5.74, 6) is 0. The zero-order valence-electron chi connectivity index (χ0n) is 21.4. The van der Waals surface area contributed by atoms with Crippen molar-refractivity contribution >= 4 is 21.6 Å². The Morgan fingerprint density at radius 3 is 2.44 bits per heavy atom. The smallest absolute Gasteiger partial charge is 0.410 e. The van der Waals surface area contributed by atoms with Crippen molar-refractivity contribution in [3.8, 4) is 11.1 Å². The number of rotatable bonds is 4. The van der Waals surface area contributed by atoms with Crippen molar-refractivity contribution in [3.05, 3.63) is 78.1 Å². The fourth-order valence-electron chi connectivity index (χ4n) is 4.44. The molecular weight excluding hydrogens is 474 g/mol. The summed E-state index contributed by atoms with van der Waals surface area (Å²) in [5.41, 5.74) is 4.32. The normalized spacial score (nSPS) is 16.6. The second-order valence-corrected chi connectivity index (χ2v) is 12.2. The molecule has 1 fully saturated rings. The molecule has 36 heavy (non-hydrogen) atoms. The van der Waals surface area contributed by atoms with Gasteiger partial charge in [-0.3, -0.25) is 4.98 Å². The van der Waals surface area contributed by atoms with Crippen molar-refractivity contribution in [1.82, 2.24) is 9.88 Å². The van der Waals surface area contributed by atoms with Crippen molar-refractivity contribution in [2.75, 3.05) is 30.8 Å². The van der Waals surface area contributed by atoms with Gasteiger partial charge in [0.25, 0.3) is 0 Å². The summed E-state index contributed by atoms with van der Waals surface area (Å²) in [6.07, 6.45) is 3.89. The predicted molar refractivity (Wildman–Crippen MR) is 142 cm³/mol. The van der Waals surface area contributed by atoms with Gasteiger partial charge < -0.3 is 14.5 Å². The number of piperazine rings is 1. The van der Waals surface area contributed by atoms with E-state index in [1.54, 1.807) is 17.2 Å². The molecule has 0 saturated carbocycles. The molecule has 8 heteroatoms. The highest BCUT2D eigenvalue weighted by molar-refractivity contribution is 7.90. The maximum absolute atomic E-state index is 12.9. The number of para-hydroxylation sites is 1. The van der Waals surface area contributed by atoms with Crippen LogP contribution in [-0.4, -0.2) is 55.9 Å². The molecule has 0 N–H and O–H groups in total. The number of hydrogen-bond acceptors (Lipinski definition) is 6. The van der Waals surface area contributed by atoms with E-state index in [1.807, 2.05) is 51.1 Å². The minimum absolute atomic E-state index is 0.113. The third-order valence-electron chi connectivity index (χ3n) is 6.20. The molecule has 1 aliphatic rings. The second-order valence-electron chi connectivity index (χ2n) is 10.2. The first-order valence-electron chi connectivity index (χ1n) is 12.0. The third kappa shape index (κ3) is 5.87. The molecule has 2 aromatic carbocycles. The Bertz CT molecular complexity index is 1360. The van der Waals surface area contributed by atoms with Crippen LogP contribution in [0.15, 0.2) is 71.9 Å². The number of anilines is 1. The van der Waals surface area contributed by atoms with Crippen LogP contribution in [0, 0.1) is 6.92 Å². The van der Waals surface area contributed by atoms with E-state index in [1.165, 1.54) is 12.5 Å². The van der Waals surface area contributed by atoms with Crippen LogP contribution >= 0.6 is 0 Å². The van der Waals surface area contributed by atoms with Gasteiger partial charge in [-0.1, -0.05) is 36.4 Å². The van der Waals surface area contributed by atoms with Gasteiger partial charge in [-0.05, 0) is 62.6 Å².